The number of para-hydroxylation sites is 1. The molecule has 24 heavy (non-hydrogen) atoms. The van der Waals surface area contributed by atoms with Gasteiger partial charge in [0.1, 0.15) is 0 Å². The van der Waals surface area contributed by atoms with Gasteiger partial charge in [-0.05, 0) is 18.1 Å². The van der Waals surface area contributed by atoms with Gasteiger partial charge >= 0.3 is 0 Å². The van der Waals surface area contributed by atoms with Crippen LogP contribution in [0, 0.1) is 0 Å². The molecular formula is C18H22N4O2. The third-order valence-corrected chi connectivity index (χ3v) is 5.14. The summed E-state index contributed by atoms with van der Waals surface area (Å²) in [5.41, 5.74) is 2.10. The van der Waals surface area contributed by atoms with Crippen molar-refractivity contribution in [3.05, 3.63) is 36.0 Å². The van der Waals surface area contributed by atoms with Crippen LogP contribution in [0.2, 0.25) is 0 Å². The minimum absolute atomic E-state index is 0.0790. The molecule has 2 saturated heterocycles. The average Bonchev–Trinajstić information content (AvgIpc) is 2.86. The first-order chi connectivity index (χ1) is 11.7. The summed E-state index contributed by atoms with van der Waals surface area (Å²) in [5.74, 6) is 0.243. The topological polar surface area (TPSA) is 68.4 Å². The highest BCUT2D eigenvalue weighted by atomic mass is 16.2. The number of hydrogen-bond donors (Lipinski definition) is 2. The zero-order valence-electron chi connectivity index (χ0n) is 13.6. The maximum atomic E-state index is 12.7. The molecule has 1 unspecified atom stereocenters. The summed E-state index contributed by atoms with van der Waals surface area (Å²) in [4.78, 5) is 32.1. The number of rotatable bonds is 2. The molecule has 2 aliphatic rings. The molecular weight excluding hydrogens is 304 g/mol. The molecule has 0 radical (unpaired) electrons. The molecule has 6 heteroatoms. The van der Waals surface area contributed by atoms with E-state index in [0.29, 0.717) is 32.5 Å². The molecule has 2 aliphatic heterocycles. The summed E-state index contributed by atoms with van der Waals surface area (Å²) < 4.78 is 0. The van der Waals surface area contributed by atoms with Crippen LogP contribution in [0.1, 0.15) is 12.0 Å². The maximum Gasteiger partial charge on any atom is 0.237 e. The predicted molar refractivity (Wildman–Crippen MR) is 91.6 cm³/mol. The number of piperazine rings is 1. The van der Waals surface area contributed by atoms with E-state index in [2.05, 4.69) is 15.2 Å². The van der Waals surface area contributed by atoms with Crippen molar-refractivity contribution in [1.29, 1.82) is 0 Å². The van der Waals surface area contributed by atoms with Gasteiger partial charge in [-0.1, -0.05) is 18.2 Å². The average molecular weight is 326 g/mol. The van der Waals surface area contributed by atoms with Crippen molar-refractivity contribution in [1.82, 2.24) is 20.1 Å². The minimum atomic E-state index is -0.0790. The Labute approximate surface area is 140 Å². The highest BCUT2D eigenvalue weighted by molar-refractivity contribution is 5.89. The second-order valence-corrected chi connectivity index (χ2v) is 6.55. The van der Waals surface area contributed by atoms with Crippen molar-refractivity contribution in [2.45, 2.75) is 18.9 Å². The van der Waals surface area contributed by atoms with E-state index in [1.165, 1.54) is 0 Å². The van der Waals surface area contributed by atoms with Crippen LogP contribution in [0.15, 0.2) is 30.5 Å². The number of benzene rings is 1. The van der Waals surface area contributed by atoms with Crippen LogP contribution in [0.5, 0.6) is 0 Å². The largest absolute Gasteiger partial charge is 0.361 e. The van der Waals surface area contributed by atoms with Gasteiger partial charge in [0.25, 0.3) is 0 Å². The van der Waals surface area contributed by atoms with Crippen LogP contribution in [0.25, 0.3) is 10.9 Å². The summed E-state index contributed by atoms with van der Waals surface area (Å²) in [6.45, 7) is 3.71. The predicted octanol–water partition coefficient (Wildman–Crippen LogP) is 0.743. The zero-order chi connectivity index (χ0) is 16.5. The number of carbonyl (C=O) groups is 2. The molecule has 2 fully saturated rings. The van der Waals surface area contributed by atoms with E-state index in [9.17, 15) is 9.59 Å². The molecule has 126 valence electrons. The molecule has 1 atom stereocenters. The monoisotopic (exact) mass is 326 g/mol. The van der Waals surface area contributed by atoms with Gasteiger partial charge in [0.2, 0.25) is 11.8 Å². The van der Waals surface area contributed by atoms with E-state index >= 15 is 0 Å². The fourth-order valence-corrected chi connectivity index (χ4v) is 3.78. The van der Waals surface area contributed by atoms with Gasteiger partial charge in [0.05, 0.1) is 12.5 Å². The van der Waals surface area contributed by atoms with Crippen molar-refractivity contribution >= 4 is 22.7 Å². The molecule has 1 aromatic heterocycles. The van der Waals surface area contributed by atoms with Gasteiger partial charge in [-0.25, -0.2) is 0 Å². The van der Waals surface area contributed by atoms with Crippen molar-refractivity contribution in [3.8, 4) is 0 Å². The first-order valence-corrected chi connectivity index (χ1v) is 8.57. The SMILES string of the molecule is O=C1NCCN2CCN(C(=O)Cc3c[nH]c4ccccc34)CCC12. The molecule has 4 rings (SSSR count). The quantitative estimate of drug-likeness (QED) is 0.855. The van der Waals surface area contributed by atoms with Gasteiger partial charge in [-0.3, -0.25) is 14.5 Å². The minimum Gasteiger partial charge on any atom is -0.361 e. The first kappa shape index (κ1) is 15.2. The van der Waals surface area contributed by atoms with E-state index in [4.69, 9.17) is 0 Å². The smallest absolute Gasteiger partial charge is 0.237 e. The summed E-state index contributed by atoms with van der Waals surface area (Å²) in [6, 6.07) is 7.96. The lowest BCUT2D eigenvalue weighted by molar-refractivity contribution is -0.131. The lowest BCUT2D eigenvalue weighted by atomic mass is 10.1. The molecule has 2 amide bonds. The van der Waals surface area contributed by atoms with Crippen LogP contribution < -0.4 is 5.32 Å². The Bertz CT molecular complexity index is 769. The van der Waals surface area contributed by atoms with E-state index in [1.54, 1.807) is 0 Å². The number of amides is 2. The molecule has 1 aromatic carbocycles. The maximum absolute atomic E-state index is 12.7. The summed E-state index contributed by atoms with van der Waals surface area (Å²) in [5, 5.41) is 4.03. The Balaban J connectivity index is 1.46. The Morgan fingerprint density at radius 3 is 2.96 bits per heavy atom. The highest BCUT2D eigenvalue weighted by Gasteiger charge is 2.33. The number of nitrogens with one attached hydrogen (secondary N) is 2. The van der Waals surface area contributed by atoms with E-state index in [0.717, 1.165) is 29.6 Å². The van der Waals surface area contributed by atoms with Crippen molar-refractivity contribution in [2.24, 2.45) is 0 Å². The second-order valence-electron chi connectivity index (χ2n) is 6.55. The van der Waals surface area contributed by atoms with Crippen LogP contribution >= 0.6 is 0 Å². The van der Waals surface area contributed by atoms with Gasteiger partial charge in [-0.2, -0.15) is 0 Å². The van der Waals surface area contributed by atoms with Crippen LogP contribution in [0.4, 0.5) is 0 Å². The Hall–Kier alpha value is -2.34. The number of H-pyrrole nitrogens is 1. The molecule has 0 bridgehead atoms. The number of hydrogen-bond acceptors (Lipinski definition) is 3. The first-order valence-electron chi connectivity index (χ1n) is 8.57. The van der Waals surface area contributed by atoms with Crippen molar-refractivity contribution < 1.29 is 9.59 Å². The Kier molecular flexibility index (Phi) is 3.98. The van der Waals surface area contributed by atoms with Crippen molar-refractivity contribution in [3.63, 3.8) is 0 Å². The lowest BCUT2D eigenvalue weighted by Gasteiger charge is -2.32. The second kappa shape index (κ2) is 6.28. The fraction of sp³-hybridized carbons (Fsp3) is 0.444. The number of nitrogens with zero attached hydrogens (tertiary/aromatic N) is 2. The molecule has 6 nitrogen and oxygen atoms in total. The number of aromatic amines is 1. The molecule has 0 spiro atoms. The summed E-state index contributed by atoms with van der Waals surface area (Å²) in [6.07, 6.45) is 3.05. The van der Waals surface area contributed by atoms with Gasteiger partial charge in [0.15, 0.2) is 0 Å². The summed E-state index contributed by atoms with van der Waals surface area (Å²) in [7, 11) is 0. The molecule has 0 aliphatic carbocycles. The third-order valence-electron chi connectivity index (χ3n) is 5.14. The molecule has 2 aromatic rings. The molecule has 2 N–H and O–H groups in total. The van der Waals surface area contributed by atoms with E-state index in [1.807, 2.05) is 35.4 Å². The van der Waals surface area contributed by atoms with Crippen LogP contribution in [-0.2, 0) is 16.0 Å². The number of carbonyl (C=O) groups excluding carboxylic acids is 2. The third kappa shape index (κ3) is 2.78. The van der Waals surface area contributed by atoms with E-state index < -0.39 is 0 Å². The standard InChI is InChI=1S/C18H22N4O2/c23-17(11-13-12-20-15-4-2-1-3-14(13)15)22-7-5-16-18(24)19-6-8-21(16)9-10-22/h1-4,12,16,20H,5-11H2,(H,19,24). The highest BCUT2D eigenvalue weighted by Crippen LogP contribution is 2.20. The van der Waals surface area contributed by atoms with Crippen LogP contribution in [0.3, 0.4) is 0 Å². The summed E-state index contributed by atoms with van der Waals surface area (Å²) >= 11 is 0. The van der Waals surface area contributed by atoms with E-state index in [-0.39, 0.29) is 17.9 Å². The Morgan fingerprint density at radius 2 is 2.04 bits per heavy atom. The van der Waals surface area contributed by atoms with Gasteiger partial charge in [0, 0.05) is 49.8 Å². The fourth-order valence-electron chi connectivity index (χ4n) is 3.78. The Morgan fingerprint density at radius 1 is 1.17 bits per heavy atom. The van der Waals surface area contributed by atoms with Crippen LogP contribution in [-0.4, -0.2) is 65.4 Å². The van der Waals surface area contributed by atoms with Gasteiger partial charge in [-0.15, -0.1) is 0 Å². The van der Waals surface area contributed by atoms with Crippen molar-refractivity contribution in [2.75, 3.05) is 32.7 Å². The lowest BCUT2D eigenvalue weighted by Crippen LogP contribution is -2.55. The molecule has 0 saturated carbocycles. The normalized spacial score (nSPS) is 22.1. The number of aromatic nitrogens is 1. The van der Waals surface area contributed by atoms with Gasteiger partial charge < -0.3 is 15.2 Å². The number of fused-ring (bicyclic) bond motifs is 2. The zero-order valence-corrected chi connectivity index (χ0v) is 13.6. The molecule has 3 heterocycles.